The van der Waals surface area contributed by atoms with E-state index in [0.29, 0.717) is 0 Å². The number of carbonyl (C=O) groups excluding carboxylic acids is 1. The summed E-state index contributed by atoms with van der Waals surface area (Å²) in [6, 6.07) is 10.3. The predicted octanol–water partition coefficient (Wildman–Crippen LogP) is 2.42. The summed E-state index contributed by atoms with van der Waals surface area (Å²) >= 11 is 0. The van der Waals surface area contributed by atoms with Crippen LogP contribution in [0.25, 0.3) is 0 Å². The number of pyridine rings is 1. The first-order valence-electron chi connectivity index (χ1n) is 6.72. The Labute approximate surface area is 132 Å². The molecule has 1 amide bonds. The highest BCUT2D eigenvalue weighted by atomic mass is 16.6. The van der Waals surface area contributed by atoms with Crippen molar-refractivity contribution < 1.29 is 19.2 Å². The molecule has 0 bridgehead atoms. The van der Waals surface area contributed by atoms with Crippen LogP contribution >= 0.6 is 0 Å². The summed E-state index contributed by atoms with van der Waals surface area (Å²) in [5, 5.41) is 13.5. The maximum Gasteiger partial charge on any atom is 0.407 e. The van der Waals surface area contributed by atoms with Gasteiger partial charge in [0.15, 0.2) is 0 Å². The van der Waals surface area contributed by atoms with E-state index in [2.05, 4.69) is 15.0 Å². The molecule has 0 aliphatic heterocycles. The van der Waals surface area contributed by atoms with Crippen LogP contribution in [0.4, 0.5) is 10.6 Å². The van der Waals surface area contributed by atoms with Crippen molar-refractivity contribution in [3.63, 3.8) is 0 Å². The minimum Gasteiger partial charge on any atom is -0.481 e. The molecule has 8 nitrogen and oxygen atoms in total. The van der Waals surface area contributed by atoms with Crippen molar-refractivity contribution in [2.75, 3.05) is 7.11 Å². The molecule has 0 saturated carbocycles. The van der Waals surface area contributed by atoms with Gasteiger partial charge in [-0.15, -0.1) is 0 Å². The van der Waals surface area contributed by atoms with Gasteiger partial charge in [0, 0.05) is 6.54 Å². The third kappa shape index (κ3) is 4.40. The Kier molecular flexibility index (Phi) is 5.45. The second kappa shape index (κ2) is 7.74. The van der Waals surface area contributed by atoms with Crippen LogP contribution in [0.5, 0.6) is 5.75 Å². The van der Waals surface area contributed by atoms with Gasteiger partial charge >= 0.3 is 11.9 Å². The molecular weight excluding hydrogens is 302 g/mol. The monoisotopic (exact) mass is 317 g/mol. The second-order valence-electron chi connectivity index (χ2n) is 4.48. The van der Waals surface area contributed by atoms with Gasteiger partial charge in [0.2, 0.25) is 5.75 Å². The Morgan fingerprint density at radius 3 is 2.70 bits per heavy atom. The van der Waals surface area contributed by atoms with E-state index in [4.69, 9.17) is 4.74 Å². The van der Waals surface area contributed by atoms with Gasteiger partial charge in [0.05, 0.1) is 7.11 Å². The van der Waals surface area contributed by atoms with Crippen LogP contribution in [0.2, 0.25) is 0 Å². The molecule has 0 aliphatic rings. The van der Waals surface area contributed by atoms with Crippen molar-refractivity contribution in [1.29, 1.82) is 0 Å². The normalized spacial score (nSPS) is 9.96. The minimum atomic E-state index is -0.597. The van der Waals surface area contributed by atoms with Crippen LogP contribution in [-0.2, 0) is 17.9 Å². The zero-order valence-corrected chi connectivity index (χ0v) is 12.4. The zero-order valence-electron chi connectivity index (χ0n) is 12.4. The number of nitrogens with zero attached hydrogens (tertiary/aromatic N) is 2. The summed E-state index contributed by atoms with van der Waals surface area (Å²) < 4.78 is 10.0. The molecule has 23 heavy (non-hydrogen) atoms. The van der Waals surface area contributed by atoms with Crippen LogP contribution in [0.1, 0.15) is 11.1 Å². The summed E-state index contributed by atoms with van der Waals surface area (Å²) in [6.45, 7) is 0.382. The summed E-state index contributed by atoms with van der Waals surface area (Å²) in [5.74, 6) is -0.245. The first kappa shape index (κ1) is 16.2. The highest BCUT2D eigenvalue weighted by molar-refractivity contribution is 5.66. The van der Waals surface area contributed by atoms with E-state index in [1.54, 1.807) is 6.07 Å². The average molecular weight is 317 g/mol. The van der Waals surface area contributed by atoms with Gasteiger partial charge in [-0.25, -0.2) is 4.79 Å². The molecule has 1 heterocycles. The van der Waals surface area contributed by atoms with Gasteiger partial charge in [-0.05, 0) is 33.2 Å². The Hall–Kier alpha value is -3.16. The molecule has 2 aromatic rings. The van der Waals surface area contributed by atoms with E-state index in [9.17, 15) is 14.9 Å². The minimum absolute atomic E-state index is 0.0910. The van der Waals surface area contributed by atoms with Crippen LogP contribution in [0, 0.1) is 10.1 Å². The Morgan fingerprint density at radius 2 is 2.00 bits per heavy atom. The fourth-order valence-corrected chi connectivity index (χ4v) is 1.90. The average Bonchev–Trinajstić information content (AvgIpc) is 2.58. The largest absolute Gasteiger partial charge is 0.481 e. The van der Waals surface area contributed by atoms with E-state index in [-0.39, 0.29) is 24.7 Å². The molecule has 1 aromatic heterocycles. The molecule has 120 valence electrons. The van der Waals surface area contributed by atoms with E-state index in [0.717, 1.165) is 11.1 Å². The van der Waals surface area contributed by atoms with Gasteiger partial charge < -0.3 is 24.9 Å². The number of hydrogen-bond donors (Lipinski definition) is 1. The molecule has 0 fully saturated rings. The number of rotatable bonds is 6. The lowest BCUT2D eigenvalue weighted by Gasteiger charge is -2.11. The number of ether oxygens (including phenoxy) is 2. The Bertz CT molecular complexity index is 705. The van der Waals surface area contributed by atoms with E-state index < -0.39 is 11.0 Å². The molecule has 8 heteroatoms. The van der Waals surface area contributed by atoms with E-state index in [1.165, 1.54) is 19.4 Å². The fraction of sp³-hybridized carbons (Fsp3) is 0.200. The molecule has 0 saturated heterocycles. The standard InChI is InChI=1S/C15H15N3O5/c1-22-15(19)17-9-11-5-2-3-6-12(11)10-23-13-7-4-8-16-14(13)18(20)21/h2-8H,9-10H2,1H3,(H,17,19). The number of hydrogen-bond acceptors (Lipinski definition) is 6. The van der Waals surface area contributed by atoms with Gasteiger partial charge in [-0.1, -0.05) is 24.3 Å². The highest BCUT2D eigenvalue weighted by Crippen LogP contribution is 2.24. The third-order valence-electron chi connectivity index (χ3n) is 3.03. The van der Waals surface area contributed by atoms with Crippen LogP contribution in [0.3, 0.4) is 0 Å². The van der Waals surface area contributed by atoms with Crippen molar-refractivity contribution in [3.05, 3.63) is 63.8 Å². The van der Waals surface area contributed by atoms with Crippen molar-refractivity contribution in [3.8, 4) is 5.75 Å². The second-order valence-corrected chi connectivity index (χ2v) is 4.48. The lowest BCUT2D eigenvalue weighted by molar-refractivity contribution is -0.390. The maximum absolute atomic E-state index is 11.1. The van der Waals surface area contributed by atoms with Gasteiger partial charge in [0.25, 0.3) is 0 Å². The highest BCUT2D eigenvalue weighted by Gasteiger charge is 2.16. The number of nitrogens with one attached hydrogen (secondary N) is 1. The maximum atomic E-state index is 11.1. The number of methoxy groups -OCH3 is 1. The van der Waals surface area contributed by atoms with Crippen LogP contribution < -0.4 is 10.1 Å². The number of amides is 1. The topological polar surface area (TPSA) is 104 Å². The zero-order chi connectivity index (χ0) is 16.7. The lowest BCUT2D eigenvalue weighted by atomic mass is 10.1. The van der Waals surface area contributed by atoms with Crippen molar-refractivity contribution in [2.45, 2.75) is 13.2 Å². The first-order valence-corrected chi connectivity index (χ1v) is 6.72. The molecular formula is C15H15N3O5. The van der Waals surface area contributed by atoms with E-state index >= 15 is 0 Å². The number of aromatic nitrogens is 1. The van der Waals surface area contributed by atoms with Crippen molar-refractivity contribution in [1.82, 2.24) is 10.3 Å². The molecule has 2 rings (SSSR count). The van der Waals surface area contributed by atoms with Crippen molar-refractivity contribution >= 4 is 11.9 Å². The number of carbonyl (C=O) groups is 1. The van der Waals surface area contributed by atoms with E-state index in [1.807, 2.05) is 24.3 Å². The predicted molar refractivity (Wildman–Crippen MR) is 80.9 cm³/mol. The molecule has 1 aromatic carbocycles. The lowest BCUT2D eigenvalue weighted by Crippen LogP contribution is -2.23. The molecule has 0 unspecified atom stereocenters. The van der Waals surface area contributed by atoms with Gasteiger partial charge in [0.1, 0.15) is 12.8 Å². The van der Waals surface area contributed by atoms with Crippen LogP contribution in [-0.4, -0.2) is 23.1 Å². The summed E-state index contributed by atoms with van der Waals surface area (Å²) in [6.07, 6.45) is 0.794. The molecule has 0 spiro atoms. The summed E-state index contributed by atoms with van der Waals surface area (Å²) in [5.41, 5.74) is 1.62. The smallest absolute Gasteiger partial charge is 0.407 e. The third-order valence-corrected chi connectivity index (χ3v) is 3.03. The van der Waals surface area contributed by atoms with Gasteiger partial charge in [-0.2, -0.15) is 0 Å². The number of alkyl carbamates (subject to hydrolysis) is 1. The molecule has 1 N–H and O–H groups in total. The molecule has 0 radical (unpaired) electrons. The number of benzene rings is 1. The summed E-state index contributed by atoms with van der Waals surface area (Å²) in [7, 11) is 1.28. The van der Waals surface area contributed by atoms with Gasteiger partial charge in [-0.3, -0.25) is 0 Å². The molecule has 0 aliphatic carbocycles. The summed E-state index contributed by atoms with van der Waals surface area (Å²) in [4.78, 5) is 25.1. The molecule has 0 atom stereocenters. The fourth-order valence-electron chi connectivity index (χ4n) is 1.90. The van der Waals surface area contributed by atoms with Crippen LogP contribution in [0.15, 0.2) is 42.6 Å². The first-order chi connectivity index (χ1) is 11.1. The Balaban J connectivity index is 2.09. The Morgan fingerprint density at radius 1 is 1.26 bits per heavy atom. The van der Waals surface area contributed by atoms with Crippen molar-refractivity contribution in [2.24, 2.45) is 0 Å². The SMILES string of the molecule is COC(=O)NCc1ccccc1COc1cccnc1[N+](=O)[O-]. The number of nitro groups is 1. The quantitative estimate of drug-likeness (QED) is 0.648.